The Hall–Kier alpha value is -2.48. The van der Waals surface area contributed by atoms with Crippen LogP contribution in [0.15, 0.2) is 12.1 Å². The first-order valence-electron chi connectivity index (χ1n) is 6.65. The molecule has 1 N–H and O–H groups in total. The van der Waals surface area contributed by atoms with Gasteiger partial charge in [-0.1, -0.05) is 0 Å². The molecule has 0 fully saturated rings. The number of hydrogen-bond acceptors (Lipinski definition) is 6. The summed E-state index contributed by atoms with van der Waals surface area (Å²) in [5, 5.41) is 20.4. The van der Waals surface area contributed by atoms with Gasteiger partial charge in [0.1, 0.15) is 18.0 Å². The number of rotatable bonds is 2. The highest BCUT2D eigenvalue weighted by Crippen LogP contribution is 2.28. The molecule has 1 aromatic heterocycles. The van der Waals surface area contributed by atoms with E-state index >= 15 is 0 Å². The first kappa shape index (κ1) is 15.9. The van der Waals surface area contributed by atoms with E-state index in [1.54, 1.807) is 27.7 Å². The zero-order valence-electron chi connectivity index (χ0n) is 12.8. The Morgan fingerprint density at radius 2 is 2.09 bits per heavy atom. The minimum Gasteiger partial charge on any atom is -0.443 e. The molecule has 0 amide bonds. The molecule has 22 heavy (non-hydrogen) atoms. The highest BCUT2D eigenvalue weighted by atomic mass is 16.6. The van der Waals surface area contributed by atoms with Crippen LogP contribution < -0.4 is 0 Å². The lowest BCUT2D eigenvalue weighted by molar-refractivity contribution is -0.385. The zero-order valence-corrected chi connectivity index (χ0v) is 12.8. The predicted octanol–water partition coefficient (Wildman–Crippen LogP) is 2.53. The lowest BCUT2D eigenvalue weighted by Gasteiger charge is -2.20. The molecule has 1 heterocycles. The van der Waals surface area contributed by atoms with Gasteiger partial charge in [0.05, 0.1) is 21.5 Å². The van der Waals surface area contributed by atoms with E-state index < -0.39 is 23.2 Å². The van der Waals surface area contributed by atoms with Crippen molar-refractivity contribution in [1.29, 1.82) is 0 Å². The molecule has 0 aliphatic rings. The largest absolute Gasteiger partial charge is 0.443 e. The second-order valence-electron chi connectivity index (χ2n) is 5.84. The second kappa shape index (κ2) is 5.38. The Labute approximate surface area is 126 Å². The van der Waals surface area contributed by atoms with Gasteiger partial charge in [-0.25, -0.2) is 14.3 Å². The molecule has 0 unspecified atom stereocenters. The molecule has 0 bridgehead atoms. The second-order valence-corrected chi connectivity index (χ2v) is 5.84. The van der Waals surface area contributed by atoms with Crippen molar-refractivity contribution in [2.24, 2.45) is 0 Å². The van der Waals surface area contributed by atoms with Gasteiger partial charge >= 0.3 is 6.09 Å². The van der Waals surface area contributed by atoms with E-state index in [1.807, 2.05) is 0 Å². The SMILES string of the molecule is Cc1c([N+](=O)[O-])ccc2c1nc(CO)n2C(=O)OC(C)(C)C. The molecule has 1 aromatic carbocycles. The van der Waals surface area contributed by atoms with E-state index in [9.17, 15) is 20.0 Å². The van der Waals surface area contributed by atoms with Gasteiger partial charge in [0.2, 0.25) is 0 Å². The van der Waals surface area contributed by atoms with Gasteiger partial charge in [-0.15, -0.1) is 0 Å². The van der Waals surface area contributed by atoms with Crippen LogP contribution in [-0.2, 0) is 11.3 Å². The number of nitro benzene ring substituents is 1. The van der Waals surface area contributed by atoms with Crippen molar-refractivity contribution in [3.8, 4) is 0 Å². The van der Waals surface area contributed by atoms with Crippen molar-refractivity contribution >= 4 is 22.8 Å². The fourth-order valence-corrected chi connectivity index (χ4v) is 2.13. The number of hydrogen-bond donors (Lipinski definition) is 1. The highest BCUT2D eigenvalue weighted by molar-refractivity contribution is 5.91. The molecular weight excluding hydrogens is 290 g/mol. The van der Waals surface area contributed by atoms with Crippen molar-refractivity contribution < 1.29 is 19.6 Å². The molecule has 0 radical (unpaired) electrons. The number of nitro groups is 1. The lowest BCUT2D eigenvalue weighted by atomic mass is 10.1. The summed E-state index contributed by atoms with van der Waals surface area (Å²) in [4.78, 5) is 26.9. The van der Waals surface area contributed by atoms with Crippen molar-refractivity contribution in [3.05, 3.63) is 33.6 Å². The normalized spacial score (nSPS) is 11.7. The molecule has 8 heteroatoms. The Morgan fingerprint density at radius 1 is 1.45 bits per heavy atom. The summed E-state index contributed by atoms with van der Waals surface area (Å²) in [6.07, 6.45) is -0.688. The zero-order chi connectivity index (χ0) is 16.7. The molecule has 2 rings (SSSR count). The van der Waals surface area contributed by atoms with Gasteiger partial charge < -0.3 is 9.84 Å². The van der Waals surface area contributed by atoms with Gasteiger partial charge in [0.15, 0.2) is 0 Å². The summed E-state index contributed by atoms with van der Waals surface area (Å²) in [5.74, 6) is 0.0767. The van der Waals surface area contributed by atoms with Crippen molar-refractivity contribution in [1.82, 2.24) is 9.55 Å². The molecule has 8 nitrogen and oxygen atoms in total. The first-order chi connectivity index (χ1) is 10.2. The quantitative estimate of drug-likeness (QED) is 0.674. The van der Waals surface area contributed by atoms with Crippen LogP contribution >= 0.6 is 0 Å². The molecule has 2 aromatic rings. The molecule has 118 valence electrons. The number of imidazole rings is 1. The van der Waals surface area contributed by atoms with Gasteiger partial charge in [0, 0.05) is 6.07 Å². The summed E-state index contributed by atoms with van der Waals surface area (Å²) in [5.41, 5.74) is 0.187. The van der Waals surface area contributed by atoms with Crippen LogP contribution in [0.2, 0.25) is 0 Å². The summed E-state index contributed by atoms with van der Waals surface area (Å²) >= 11 is 0. The van der Waals surface area contributed by atoms with E-state index in [0.717, 1.165) is 4.57 Å². The van der Waals surface area contributed by atoms with Crippen molar-refractivity contribution in [2.45, 2.75) is 39.9 Å². The minimum absolute atomic E-state index is 0.0767. The smallest absolute Gasteiger partial charge is 0.420 e. The van der Waals surface area contributed by atoms with Crippen LogP contribution in [0.25, 0.3) is 11.0 Å². The monoisotopic (exact) mass is 307 g/mol. The topological polar surface area (TPSA) is 107 Å². The number of aromatic nitrogens is 2. The van der Waals surface area contributed by atoms with Crippen LogP contribution in [0, 0.1) is 17.0 Å². The summed E-state index contributed by atoms with van der Waals surface area (Å²) in [7, 11) is 0. The average molecular weight is 307 g/mol. The number of aryl methyl sites for hydroxylation is 1. The molecule has 0 aliphatic heterocycles. The van der Waals surface area contributed by atoms with Crippen LogP contribution in [0.1, 0.15) is 32.2 Å². The maximum absolute atomic E-state index is 12.3. The van der Waals surface area contributed by atoms with Crippen LogP contribution in [0.4, 0.5) is 10.5 Å². The number of carbonyl (C=O) groups is 1. The fourth-order valence-electron chi connectivity index (χ4n) is 2.13. The van der Waals surface area contributed by atoms with E-state index in [2.05, 4.69) is 4.98 Å². The Kier molecular flexibility index (Phi) is 3.89. The number of aliphatic hydroxyl groups excluding tert-OH is 1. The van der Waals surface area contributed by atoms with Gasteiger partial charge in [-0.2, -0.15) is 0 Å². The van der Waals surface area contributed by atoms with E-state index in [1.165, 1.54) is 12.1 Å². The molecule has 0 saturated heterocycles. The molecule has 0 aliphatic carbocycles. The fraction of sp³-hybridized carbons (Fsp3) is 0.429. The predicted molar refractivity (Wildman–Crippen MR) is 78.7 cm³/mol. The Bertz CT molecular complexity index is 758. The number of aliphatic hydroxyl groups is 1. The van der Waals surface area contributed by atoms with Crippen molar-refractivity contribution in [2.75, 3.05) is 0 Å². The third-order valence-corrected chi connectivity index (χ3v) is 3.04. The third-order valence-electron chi connectivity index (χ3n) is 3.04. The number of carbonyl (C=O) groups excluding carboxylic acids is 1. The average Bonchev–Trinajstić information content (AvgIpc) is 2.76. The summed E-state index contributed by atoms with van der Waals surface area (Å²) in [6, 6.07) is 2.73. The number of ether oxygens (including phenoxy) is 1. The minimum atomic E-state index is -0.712. The van der Waals surface area contributed by atoms with Gasteiger partial charge in [-0.05, 0) is 33.8 Å². The van der Waals surface area contributed by atoms with Crippen LogP contribution in [-0.4, -0.2) is 31.3 Å². The van der Waals surface area contributed by atoms with E-state index in [-0.39, 0.29) is 11.5 Å². The standard InChI is InChI=1S/C14H17N3O5/c1-8-9(17(20)21)5-6-10-12(8)15-11(7-18)16(10)13(19)22-14(2,3)4/h5-6,18H,7H2,1-4H3. The number of fused-ring (bicyclic) bond motifs is 1. The molecule has 0 spiro atoms. The van der Waals surface area contributed by atoms with E-state index in [4.69, 9.17) is 4.74 Å². The highest BCUT2D eigenvalue weighted by Gasteiger charge is 2.25. The maximum atomic E-state index is 12.3. The maximum Gasteiger partial charge on any atom is 0.420 e. The Morgan fingerprint density at radius 3 is 2.59 bits per heavy atom. The molecule has 0 saturated carbocycles. The van der Waals surface area contributed by atoms with Gasteiger partial charge in [0.25, 0.3) is 5.69 Å². The van der Waals surface area contributed by atoms with Gasteiger partial charge in [-0.3, -0.25) is 10.1 Å². The first-order valence-corrected chi connectivity index (χ1v) is 6.65. The lowest BCUT2D eigenvalue weighted by Crippen LogP contribution is -2.28. The van der Waals surface area contributed by atoms with Crippen LogP contribution in [0.3, 0.4) is 0 Å². The molecular formula is C14H17N3O5. The molecule has 0 atom stereocenters. The number of benzene rings is 1. The Balaban J connectivity index is 2.66. The summed E-state index contributed by atoms with van der Waals surface area (Å²) < 4.78 is 6.43. The summed E-state index contributed by atoms with van der Waals surface area (Å²) in [6.45, 7) is 6.23. The van der Waals surface area contributed by atoms with Crippen LogP contribution in [0.5, 0.6) is 0 Å². The van der Waals surface area contributed by atoms with Crippen molar-refractivity contribution in [3.63, 3.8) is 0 Å². The number of nitrogens with zero attached hydrogens (tertiary/aromatic N) is 3. The third kappa shape index (κ3) is 2.77. The van der Waals surface area contributed by atoms with E-state index in [0.29, 0.717) is 16.6 Å².